The number of rotatable bonds is 5. The van der Waals surface area contributed by atoms with Crippen LogP contribution in [0.1, 0.15) is 28.2 Å². The predicted molar refractivity (Wildman–Crippen MR) is 117 cm³/mol. The number of nitrogens with two attached hydrogens (primary N) is 1. The number of aryl methyl sites for hydroxylation is 3. The number of pyridine rings is 1. The number of nitrogens with zero attached hydrogens (tertiary/aromatic N) is 5. The van der Waals surface area contributed by atoms with Gasteiger partial charge in [-0.1, -0.05) is 12.1 Å². The highest BCUT2D eigenvalue weighted by molar-refractivity contribution is 5.94. The molecule has 3 heterocycles. The number of hydrogen-bond donors (Lipinski definition) is 2. The molecule has 2 aromatic heterocycles. The lowest BCUT2D eigenvalue weighted by Gasteiger charge is -2.17. The van der Waals surface area contributed by atoms with Crippen LogP contribution < -0.4 is 11.1 Å². The molecule has 4 rings (SSSR count). The van der Waals surface area contributed by atoms with Gasteiger partial charge < -0.3 is 11.1 Å². The fourth-order valence-electron chi connectivity index (χ4n) is 3.66. The van der Waals surface area contributed by atoms with Crippen molar-refractivity contribution < 1.29 is 4.79 Å². The largest absolute Gasteiger partial charge is 0.384 e. The lowest BCUT2D eigenvalue weighted by atomic mass is 10.1. The maximum atomic E-state index is 12.6. The topological polar surface area (TPSA) is 109 Å². The zero-order valence-electron chi connectivity index (χ0n) is 17.4. The van der Waals surface area contributed by atoms with E-state index in [4.69, 9.17) is 10.7 Å². The minimum absolute atomic E-state index is 0.0572. The number of hydrogen-bond acceptors (Lipinski definition) is 7. The third-order valence-corrected chi connectivity index (χ3v) is 5.34. The van der Waals surface area contributed by atoms with Crippen LogP contribution in [0.25, 0.3) is 11.0 Å². The van der Waals surface area contributed by atoms with Crippen LogP contribution in [0.15, 0.2) is 35.4 Å². The van der Waals surface area contributed by atoms with Gasteiger partial charge in [-0.05, 0) is 50.1 Å². The van der Waals surface area contributed by atoms with Gasteiger partial charge in [-0.2, -0.15) is 5.10 Å². The van der Waals surface area contributed by atoms with Crippen molar-refractivity contribution in [2.75, 3.05) is 12.3 Å². The summed E-state index contributed by atoms with van der Waals surface area (Å²) in [7, 11) is 0. The summed E-state index contributed by atoms with van der Waals surface area (Å²) >= 11 is 0. The first-order chi connectivity index (χ1) is 14.4. The highest BCUT2D eigenvalue weighted by Gasteiger charge is 2.25. The van der Waals surface area contributed by atoms with E-state index in [2.05, 4.69) is 20.4 Å². The number of hydrazone groups is 1. The second-order valence-corrected chi connectivity index (χ2v) is 7.61. The average molecular weight is 403 g/mol. The lowest BCUT2D eigenvalue weighted by Crippen LogP contribution is -2.34. The Morgan fingerprint density at radius 2 is 1.87 bits per heavy atom. The standard InChI is InChI=1S/C22H25N7O/c1-13-8-21(23)27-14(2)17(13)10-24-22(30)16-9-25-29(11-16)12-20-15(3)26-18-6-4-5-7-19(18)28-20/h4-9,16H,10-12H2,1-3H3,(H2,23,27)(H,24,30). The summed E-state index contributed by atoms with van der Waals surface area (Å²) in [6.07, 6.45) is 1.69. The Bertz CT molecular complexity index is 1120. The summed E-state index contributed by atoms with van der Waals surface area (Å²) in [5, 5.41) is 9.26. The van der Waals surface area contributed by atoms with E-state index in [0.29, 0.717) is 25.5 Å². The van der Waals surface area contributed by atoms with Gasteiger partial charge in [0.2, 0.25) is 5.91 Å². The third kappa shape index (κ3) is 4.07. The van der Waals surface area contributed by atoms with Crippen LogP contribution in [0, 0.1) is 26.7 Å². The molecule has 1 unspecified atom stereocenters. The molecule has 1 amide bonds. The number of anilines is 1. The summed E-state index contributed by atoms with van der Waals surface area (Å²) in [6, 6.07) is 9.62. The zero-order chi connectivity index (χ0) is 21.3. The molecular formula is C22H25N7O. The Balaban J connectivity index is 1.37. The first kappa shape index (κ1) is 19.8. The summed E-state index contributed by atoms with van der Waals surface area (Å²) < 4.78 is 0. The molecule has 154 valence electrons. The minimum atomic E-state index is -0.305. The maximum Gasteiger partial charge on any atom is 0.230 e. The van der Waals surface area contributed by atoms with Gasteiger partial charge in [-0.15, -0.1) is 0 Å². The second-order valence-electron chi connectivity index (χ2n) is 7.61. The highest BCUT2D eigenvalue weighted by atomic mass is 16.2. The number of para-hydroxylation sites is 2. The SMILES string of the molecule is Cc1cc(N)nc(C)c1CNC(=O)C1C=NN(Cc2nc3ccccc3nc2C)C1. The third-order valence-electron chi connectivity index (χ3n) is 5.34. The van der Waals surface area contributed by atoms with Gasteiger partial charge in [0.15, 0.2) is 0 Å². The summed E-state index contributed by atoms with van der Waals surface area (Å²) in [6.45, 7) is 7.27. The van der Waals surface area contributed by atoms with Crippen LogP contribution in [-0.4, -0.2) is 38.6 Å². The Labute approximate surface area is 175 Å². The van der Waals surface area contributed by atoms with Gasteiger partial charge in [-0.3, -0.25) is 9.80 Å². The number of carbonyl (C=O) groups excluding carboxylic acids is 1. The van der Waals surface area contributed by atoms with Crippen molar-refractivity contribution >= 4 is 29.0 Å². The smallest absolute Gasteiger partial charge is 0.230 e. The quantitative estimate of drug-likeness (QED) is 0.676. The molecular weight excluding hydrogens is 378 g/mol. The summed E-state index contributed by atoms with van der Waals surface area (Å²) in [5.41, 5.74) is 12.1. The normalized spacial score (nSPS) is 15.7. The monoisotopic (exact) mass is 403 g/mol. The fraction of sp³-hybridized carbons (Fsp3) is 0.318. The predicted octanol–water partition coefficient (Wildman–Crippen LogP) is 2.27. The molecule has 8 nitrogen and oxygen atoms in total. The lowest BCUT2D eigenvalue weighted by molar-refractivity contribution is -0.123. The number of amides is 1. The van der Waals surface area contributed by atoms with E-state index in [1.54, 1.807) is 6.21 Å². The molecule has 3 N–H and O–H groups in total. The number of nitrogens with one attached hydrogen (secondary N) is 1. The molecule has 0 saturated heterocycles. The molecule has 30 heavy (non-hydrogen) atoms. The number of nitrogen functional groups attached to an aromatic ring is 1. The average Bonchev–Trinajstić information content (AvgIpc) is 3.16. The molecule has 0 bridgehead atoms. The van der Waals surface area contributed by atoms with Crippen LogP contribution >= 0.6 is 0 Å². The van der Waals surface area contributed by atoms with Gasteiger partial charge in [-0.25, -0.2) is 15.0 Å². The van der Waals surface area contributed by atoms with Crippen molar-refractivity contribution in [2.24, 2.45) is 11.0 Å². The van der Waals surface area contributed by atoms with Gasteiger partial charge in [0.1, 0.15) is 5.82 Å². The minimum Gasteiger partial charge on any atom is -0.384 e. The fourth-order valence-corrected chi connectivity index (χ4v) is 3.66. The van der Waals surface area contributed by atoms with E-state index in [0.717, 1.165) is 39.2 Å². The van der Waals surface area contributed by atoms with Crippen molar-refractivity contribution in [3.63, 3.8) is 0 Å². The summed E-state index contributed by atoms with van der Waals surface area (Å²) in [4.78, 5) is 26.3. The van der Waals surface area contributed by atoms with E-state index in [9.17, 15) is 4.79 Å². The van der Waals surface area contributed by atoms with Gasteiger partial charge in [0, 0.05) is 18.5 Å². The van der Waals surface area contributed by atoms with Crippen molar-refractivity contribution in [1.82, 2.24) is 25.3 Å². The molecule has 0 aliphatic carbocycles. The van der Waals surface area contributed by atoms with Crippen molar-refractivity contribution in [3.8, 4) is 0 Å². The Morgan fingerprint density at radius 1 is 1.13 bits per heavy atom. The van der Waals surface area contributed by atoms with E-state index < -0.39 is 0 Å². The number of benzene rings is 1. The zero-order valence-corrected chi connectivity index (χ0v) is 17.4. The van der Waals surface area contributed by atoms with Gasteiger partial charge in [0.25, 0.3) is 0 Å². The van der Waals surface area contributed by atoms with E-state index in [1.165, 1.54) is 0 Å². The molecule has 1 aliphatic rings. The van der Waals surface area contributed by atoms with Gasteiger partial charge >= 0.3 is 0 Å². The van der Waals surface area contributed by atoms with Crippen molar-refractivity contribution in [3.05, 3.63) is 58.5 Å². The van der Waals surface area contributed by atoms with Crippen LogP contribution in [-0.2, 0) is 17.9 Å². The number of fused-ring (bicyclic) bond motifs is 1. The molecule has 1 atom stereocenters. The van der Waals surface area contributed by atoms with Crippen molar-refractivity contribution in [1.29, 1.82) is 0 Å². The molecule has 3 aromatic rings. The Kier molecular flexibility index (Phi) is 5.31. The Hall–Kier alpha value is -3.55. The molecule has 0 fully saturated rings. The number of aromatic nitrogens is 3. The first-order valence-electron chi connectivity index (χ1n) is 9.92. The van der Waals surface area contributed by atoms with Crippen LogP contribution in [0.4, 0.5) is 5.82 Å². The molecule has 1 aliphatic heterocycles. The van der Waals surface area contributed by atoms with Gasteiger partial charge in [0.05, 0.1) is 41.4 Å². The van der Waals surface area contributed by atoms with E-state index in [1.807, 2.05) is 56.1 Å². The van der Waals surface area contributed by atoms with E-state index >= 15 is 0 Å². The Morgan fingerprint density at radius 3 is 2.60 bits per heavy atom. The molecule has 1 aromatic carbocycles. The molecule has 0 radical (unpaired) electrons. The van der Waals surface area contributed by atoms with E-state index in [-0.39, 0.29) is 11.8 Å². The van der Waals surface area contributed by atoms with Crippen LogP contribution in [0.3, 0.4) is 0 Å². The molecule has 8 heteroatoms. The first-order valence-corrected chi connectivity index (χ1v) is 9.92. The molecule has 0 spiro atoms. The maximum absolute atomic E-state index is 12.6. The summed E-state index contributed by atoms with van der Waals surface area (Å²) in [5.74, 6) is 0.130. The highest BCUT2D eigenvalue weighted by Crippen LogP contribution is 2.18. The van der Waals surface area contributed by atoms with Crippen LogP contribution in [0.2, 0.25) is 0 Å². The number of carbonyl (C=O) groups is 1. The molecule has 0 saturated carbocycles. The second kappa shape index (κ2) is 8.06. The van der Waals surface area contributed by atoms with Crippen molar-refractivity contribution in [2.45, 2.75) is 33.9 Å². The van der Waals surface area contributed by atoms with Crippen LogP contribution in [0.5, 0.6) is 0 Å².